The number of para-hydroxylation sites is 1. The smallest absolute Gasteiger partial charge is 0.257 e. The molecule has 31 heavy (non-hydrogen) atoms. The fourth-order valence-electron chi connectivity index (χ4n) is 3.87. The Labute approximate surface area is 183 Å². The number of rotatable bonds is 6. The van der Waals surface area contributed by atoms with Gasteiger partial charge in [-0.1, -0.05) is 56.3 Å². The Bertz CT molecular complexity index is 1050. The number of amides is 1. The molecule has 1 unspecified atom stereocenters. The molecular formula is C25H29N3O3. The highest BCUT2D eigenvalue weighted by atomic mass is 16.5. The van der Waals surface area contributed by atoms with Crippen LogP contribution in [-0.2, 0) is 16.8 Å². The van der Waals surface area contributed by atoms with Crippen molar-refractivity contribution < 1.29 is 14.1 Å². The maximum absolute atomic E-state index is 12.6. The van der Waals surface area contributed by atoms with Crippen LogP contribution in [0.4, 0.5) is 0 Å². The molecule has 1 aliphatic rings. The molecule has 0 saturated carbocycles. The zero-order valence-electron chi connectivity index (χ0n) is 18.6. The lowest BCUT2D eigenvalue weighted by molar-refractivity contribution is -0.128. The van der Waals surface area contributed by atoms with Crippen molar-refractivity contribution in [1.82, 2.24) is 15.0 Å². The van der Waals surface area contributed by atoms with E-state index >= 15 is 0 Å². The molecule has 0 bridgehead atoms. The van der Waals surface area contributed by atoms with Gasteiger partial charge in [-0.3, -0.25) is 4.79 Å². The fraction of sp³-hybridized carbons (Fsp3) is 0.400. The summed E-state index contributed by atoms with van der Waals surface area (Å²) in [7, 11) is 0. The van der Waals surface area contributed by atoms with Crippen molar-refractivity contribution in [3.63, 3.8) is 0 Å². The standard InChI is InChI=1S/C25H29N3O3/c1-5-30-21-9-7-6-8-18(21)15-28-16-19(14-22(28)29)23-26-24(31-27-23)17-10-12-20(13-11-17)25(2,3)4/h6-13,19H,5,14-16H2,1-4H3. The number of carbonyl (C=O) groups excluding carboxylic acids is 1. The van der Waals surface area contributed by atoms with Crippen LogP contribution in [0.5, 0.6) is 5.75 Å². The first-order valence-electron chi connectivity index (χ1n) is 10.8. The Morgan fingerprint density at radius 1 is 1.13 bits per heavy atom. The SMILES string of the molecule is CCOc1ccccc1CN1CC(c2noc(-c3ccc(C(C)(C)C)cc3)n2)CC1=O. The first-order valence-corrected chi connectivity index (χ1v) is 10.8. The minimum Gasteiger partial charge on any atom is -0.494 e. The van der Waals surface area contributed by atoms with Crippen molar-refractivity contribution in [1.29, 1.82) is 0 Å². The van der Waals surface area contributed by atoms with Crippen molar-refractivity contribution >= 4 is 5.91 Å². The number of hydrogen-bond acceptors (Lipinski definition) is 5. The van der Waals surface area contributed by atoms with E-state index in [-0.39, 0.29) is 17.2 Å². The van der Waals surface area contributed by atoms with Gasteiger partial charge in [-0.25, -0.2) is 0 Å². The van der Waals surface area contributed by atoms with E-state index in [9.17, 15) is 4.79 Å². The maximum Gasteiger partial charge on any atom is 0.257 e. The van der Waals surface area contributed by atoms with Gasteiger partial charge in [0.15, 0.2) is 5.82 Å². The summed E-state index contributed by atoms with van der Waals surface area (Å²) in [6, 6.07) is 16.0. The van der Waals surface area contributed by atoms with Crippen molar-refractivity contribution in [2.45, 2.75) is 52.0 Å². The van der Waals surface area contributed by atoms with Crippen molar-refractivity contribution in [3.05, 3.63) is 65.5 Å². The molecule has 3 aromatic rings. The lowest BCUT2D eigenvalue weighted by Gasteiger charge is -2.18. The molecule has 1 fully saturated rings. The molecular weight excluding hydrogens is 390 g/mol. The van der Waals surface area contributed by atoms with Crippen LogP contribution in [-0.4, -0.2) is 34.1 Å². The summed E-state index contributed by atoms with van der Waals surface area (Å²) in [6.45, 7) is 10.2. The molecule has 2 heterocycles. The highest BCUT2D eigenvalue weighted by Gasteiger charge is 2.34. The normalized spacial score (nSPS) is 16.7. The lowest BCUT2D eigenvalue weighted by atomic mass is 9.87. The minimum absolute atomic E-state index is 0.0712. The van der Waals surface area contributed by atoms with E-state index in [1.165, 1.54) is 5.56 Å². The van der Waals surface area contributed by atoms with E-state index in [1.54, 1.807) is 0 Å². The predicted octanol–water partition coefficient (Wildman–Crippen LogP) is 4.95. The fourth-order valence-corrected chi connectivity index (χ4v) is 3.87. The second kappa shape index (κ2) is 8.53. The molecule has 4 rings (SSSR count). The molecule has 6 nitrogen and oxygen atoms in total. The molecule has 0 radical (unpaired) electrons. The third kappa shape index (κ3) is 4.63. The van der Waals surface area contributed by atoms with Gasteiger partial charge in [-0.05, 0) is 36.1 Å². The maximum atomic E-state index is 12.6. The predicted molar refractivity (Wildman–Crippen MR) is 119 cm³/mol. The number of likely N-dealkylation sites (tertiary alicyclic amines) is 1. The van der Waals surface area contributed by atoms with Gasteiger partial charge in [0.1, 0.15) is 5.75 Å². The summed E-state index contributed by atoms with van der Waals surface area (Å²) in [5.74, 6) is 1.92. The van der Waals surface area contributed by atoms with Gasteiger partial charge in [0, 0.05) is 36.6 Å². The Morgan fingerprint density at radius 3 is 2.58 bits per heavy atom. The van der Waals surface area contributed by atoms with Crippen LogP contribution in [0.25, 0.3) is 11.5 Å². The van der Waals surface area contributed by atoms with E-state index in [1.807, 2.05) is 48.2 Å². The zero-order chi connectivity index (χ0) is 22.0. The third-order valence-electron chi connectivity index (χ3n) is 5.65. The molecule has 162 valence electrons. The third-order valence-corrected chi connectivity index (χ3v) is 5.65. The van der Waals surface area contributed by atoms with Crippen molar-refractivity contribution in [2.75, 3.05) is 13.2 Å². The summed E-state index contributed by atoms with van der Waals surface area (Å²) in [4.78, 5) is 19.1. The second-order valence-electron chi connectivity index (χ2n) is 9.00. The van der Waals surface area contributed by atoms with E-state index < -0.39 is 0 Å². The number of nitrogens with zero attached hydrogens (tertiary/aromatic N) is 3. The highest BCUT2D eigenvalue weighted by Crippen LogP contribution is 2.31. The zero-order valence-corrected chi connectivity index (χ0v) is 18.6. The van der Waals surface area contributed by atoms with Gasteiger partial charge in [0.2, 0.25) is 5.91 Å². The Balaban J connectivity index is 1.46. The average molecular weight is 420 g/mol. The Morgan fingerprint density at radius 2 is 1.87 bits per heavy atom. The summed E-state index contributed by atoms with van der Waals surface area (Å²) >= 11 is 0. The number of hydrogen-bond donors (Lipinski definition) is 0. The quantitative estimate of drug-likeness (QED) is 0.565. The van der Waals surface area contributed by atoms with Gasteiger partial charge in [-0.15, -0.1) is 0 Å². The molecule has 6 heteroatoms. The number of carbonyl (C=O) groups is 1. The van der Waals surface area contributed by atoms with Crippen LogP contribution in [0.3, 0.4) is 0 Å². The van der Waals surface area contributed by atoms with Gasteiger partial charge in [0.05, 0.1) is 6.61 Å². The highest BCUT2D eigenvalue weighted by molar-refractivity contribution is 5.79. The monoisotopic (exact) mass is 419 g/mol. The van der Waals surface area contributed by atoms with Crippen LogP contribution in [0.1, 0.15) is 57.0 Å². The number of benzene rings is 2. The van der Waals surface area contributed by atoms with E-state index in [4.69, 9.17) is 9.26 Å². The molecule has 1 saturated heterocycles. The van der Waals surface area contributed by atoms with E-state index in [2.05, 4.69) is 43.0 Å². The van der Waals surface area contributed by atoms with Gasteiger partial charge in [0.25, 0.3) is 5.89 Å². The Kier molecular flexibility index (Phi) is 5.81. The molecule has 0 N–H and O–H groups in total. The largest absolute Gasteiger partial charge is 0.494 e. The molecule has 0 spiro atoms. The number of aromatic nitrogens is 2. The van der Waals surface area contributed by atoms with Crippen molar-refractivity contribution in [3.8, 4) is 17.2 Å². The van der Waals surface area contributed by atoms with Crippen molar-refractivity contribution in [2.24, 2.45) is 0 Å². The van der Waals surface area contributed by atoms with Crippen LogP contribution in [0.15, 0.2) is 53.1 Å². The second-order valence-corrected chi connectivity index (χ2v) is 9.00. The van der Waals surface area contributed by atoms with Crippen LogP contribution in [0.2, 0.25) is 0 Å². The first kappa shape index (κ1) is 21.1. The summed E-state index contributed by atoms with van der Waals surface area (Å²) in [6.07, 6.45) is 0.388. The van der Waals surface area contributed by atoms with E-state index in [0.29, 0.717) is 37.8 Å². The van der Waals surface area contributed by atoms with Gasteiger partial charge < -0.3 is 14.2 Å². The molecule has 1 aliphatic heterocycles. The van der Waals surface area contributed by atoms with Crippen LogP contribution in [0, 0.1) is 0 Å². The van der Waals surface area contributed by atoms with Gasteiger partial charge in [-0.2, -0.15) is 4.98 Å². The molecule has 0 aliphatic carbocycles. The lowest BCUT2D eigenvalue weighted by Crippen LogP contribution is -2.24. The summed E-state index contributed by atoms with van der Waals surface area (Å²) in [5, 5.41) is 4.18. The summed E-state index contributed by atoms with van der Waals surface area (Å²) < 4.78 is 11.2. The van der Waals surface area contributed by atoms with E-state index in [0.717, 1.165) is 16.9 Å². The molecule has 1 aromatic heterocycles. The van der Waals surface area contributed by atoms with Gasteiger partial charge >= 0.3 is 0 Å². The minimum atomic E-state index is -0.0712. The topological polar surface area (TPSA) is 68.5 Å². The average Bonchev–Trinajstić information content (AvgIpc) is 3.36. The Hall–Kier alpha value is -3.15. The van der Waals surface area contributed by atoms with Crippen LogP contribution < -0.4 is 4.74 Å². The first-order chi connectivity index (χ1) is 14.8. The molecule has 1 atom stereocenters. The number of ether oxygens (including phenoxy) is 1. The van der Waals surface area contributed by atoms with Crippen LogP contribution >= 0.6 is 0 Å². The summed E-state index contributed by atoms with van der Waals surface area (Å²) in [5.41, 5.74) is 3.23. The molecule has 1 amide bonds. The molecule has 2 aromatic carbocycles.